The lowest BCUT2D eigenvalue weighted by atomic mass is 10.0. The molecule has 0 saturated carbocycles. The van der Waals surface area contributed by atoms with E-state index < -0.39 is 0 Å². The number of hydrogen-bond acceptors (Lipinski definition) is 1. The fourth-order valence-corrected chi connectivity index (χ4v) is 2.31. The fourth-order valence-electron chi connectivity index (χ4n) is 1.79. The Kier molecular flexibility index (Phi) is 4.51. The Morgan fingerprint density at radius 3 is 2.33 bits per heavy atom. The van der Waals surface area contributed by atoms with Crippen LogP contribution in [-0.2, 0) is 6.42 Å². The van der Waals surface area contributed by atoms with Crippen LogP contribution in [0.4, 0.5) is 0 Å². The van der Waals surface area contributed by atoms with E-state index in [0.717, 1.165) is 21.9 Å². The molecule has 0 heterocycles. The Labute approximate surface area is 117 Å². The first-order valence-corrected chi connectivity index (χ1v) is 6.53. The SMILES string of the molecule is COc1ccc(C(Cl)Cc2ccccc2Cl)cc1. The molecule has 1 atom stereocenters. The van der Waals surface area contributed by atoms with Crippen molar-refractivity contribution in [1.82, 2.24) is 0 Å². The highest BCUT2D eigenvalue weighted by Gasteiger charge is 2.10. The van der Waals surface area contributed by atoms with Crippen LogP contribution in [0.25, 0.3) is 0 Å². The number of ether oxygens (including phenoxy) is 1. The van der Waals surface area contributed by atoms with Gasteiger partial charge in [0.15, 0.2) is 0 Å². The van der Waals surface area contributed by atoms with Gasteiger partial charge in [0.1, 0.15) is 5.75 Å². The van der Waals surface area contributed by atoms with Crippen LogP contribution in [0.5, 0.6) is 5.75 Å². The molecule has 2 aromatic carbocycles. The van der Waals surface area contributed by atoms with Crippen molar-refractivity contribution in [2.24, 2.45) is 0 Å². The van der Waals surface area contributed by atoms with Crippen molar-refractivity contribution in [3.8, 4) is 5.75 Å². The number of rotatable bonds is 4. The number of methoxy groups -OCH3 is 1. The predicted molar refractivity (Wildman–Crippen MR) is 76.7 cm³/mol. The quantitative estimate of drug-likeness (QED) is 0.726. The Bertz CT molecular complexity index is 508. The molecular formula is C15H14Cl2O. The normalized spacial score (nSPS) is 12.2. The number of hydrogen-bond donors (Lipinski definition) is 0. The lowest BCUT2D eigenvalue weighted by Crippen LogP contribution is -1.96. The van der Waals surface area contributed by atoms with Crippen molar-refractivity contribution < 1.29 is 4.74 Å². The monoisotopic (exact) mass is 280 g/mol. The van der Waals surface area contributed by atoms with Gasteiger partial charge in [-0.1, -0.05) is 41.9 Å². The third kappa shape index (κ3) is 3.18. The van der Waals surface area contributed by atoms with Crippen LogP contribution in [0.2, 0.25) is 5.02 Å². The summed E-state index contributed by atoms with van der Waals surface area (Å²) in [5.74, 6) is 0.834. The van der Waals surface area contributed by atoms with Gasteiger partial charge in [0.25, 0.3) is 0 Å². The lowest BCUT2D eigenvalue weighted by molar-refractivity contribution is 0.414. The van der Waals surface area contributed by atoms with Crippen molar-refractivity contribution in [2.45, 2.75) is 11.8 Å². The Balaban J connectivity index is 2.11. The molecule has 0 aromatic heterocycles. The second-order valence-electron chi connectivity index (χ2n) is 4.04. The summed E-state index contributed by atoms with van der Waals surface area (Å²) in [6.07, 6.45) is 0.716. The molecule has 0 saturated heterocycles. The largest absolute Gasteiger partial charge is 0.497 e. The zero-order chi connectivity index (χ0) is 13.0. The second-order valence-corrected chi connectivity index (χ2v) is 4.97. The Morgan fingerprint density at radius 2 is 1.72 bits per heavy atom. The molecule has 0 bridgehead atoms. The third-order valence-electron chi connectivity index (χ3n) is 2.83. The first-order valence-electron chi connectivity index (χ1n) is 5.72. The molecular weight excluding hydrogens is 267 g/mol. The number of alkyl halides is 1. The maximum atomic E-state index is 6.41. The van der Waals surface area contributed by atoms with Gasteiger partial charge in [0, 0.05) is 5.02 Å². The number of benzene rings is 2. The van der Waals surface area contributed by atoms with Crippen molar-refractivity contribution in [3.63, 3.8) is 0 Å². The summed E-state index contributed by atoms with van der Waals surface area (Å²) in [6, 6.07) is 15.6. The summed E-state index contributed by atoms with van der Waals surface area (Å²) in [5.41, 5.74) is 2.13. The van der Waals surface area contributed by atoms with Gasteiger partial charge in [0.2, 0.25) is 0 Å². The van der Waals surface area contributed by atoms with Crippen molar-refractivity contribution in [3.05, 3.63) is 64.7 Å². The van der Waals surface area contributed by atoms with E-state index in [9.17, 15) is 0 Å². The lowest BCUT2D eigenvalue weighted by Gasteiger charge is -2.11. The summed E-state index contributed by atoms with van der Waals surface area (Å²) in [7, 11) is 1.65. The maximum absolute atomic E-state index is 6.41. The Hall–Kier alpha value is -1.18. The van der Waals surface area contributed by atoms with Crippen molar-refractivity contribution >= 4 is 23.2 Å². The van der Waals surface area contributed by atoms with Gasteiger partial charge in [-0.05, 0) is 35.7 Å². The van der Waals surface area contributed by atoms with Gasteiger partial charge in [0.05, 0.1) is 12.5 Å². The molecule has 18 heavy (non-hydrogen) atoms. The molecule has 2 aromatic rings. The highest BCUT2D eigenvalue weighted by Crippen LogP contribution is 2.29. The molecule has 0 aliphatic carbocycles. The molecule has 1 unspecified atom stereocenters. The topological polar surface area (TPSA) is 9.23 Å². The second kappa shape index (κ2) is 6.12. The Morgan fingerprint density at radius 1 is 1.06 bits per heavy atom. The van der Waals surface area contributed by atoms with Crippen molar-refractivity contribution in [2.75, 3.05) is 7.11 Å². The molecule has 0 fully saturated rings. The molecule has 0 spiro atoms. The summed E-state index contributed by atoms with van der Waals surface area (Å²) < 4.78 is 5.12. The summed E-state index contributed by atoms with van der Waals surface area (Å²) in [4.78, 5) is 0. The van der Waals surface area contributed by atoms with Crippen LogP contribution in [0.3, 0.4) is 0 Å². The van der Waals surface area contributed by atoms with E-state index in [1.54, 1.807) is 7.11 Å². The van der Waals surface area contributed by atoms with Crippen molar-refractivity contribution in [1.29, 1.82) is 0 Å². The summed E-state index contributed by atoms with van der Waals surface area (Å²) in [6.45, 7) is 0. The highest BCUT2D eigenvalue weighted by molar-refractivity contribution is 6.31. The fraction of sp³-hybridized carbons (Fsp3) is 0.200. The molecule has 3 heteroatoms. The molecule has 94 valence electrons. The zero-order valence-electron chi connectivity index (χ0n) is 10.1. The van der Waals surface area contributed by atoms with Crippen LogP contribution in [0.1, 0.15) is 16.5 Å². The van der Waals surface area contributed by atoms with E-state index in [1.165, 1.54) is 0 Å². The van der Waals surface area contributed by atoms with Crippen LogP contribution in [0, 0.1) is 0 Å². The van der Waals surface area contributed by atoms with Crippen LogP contribution < -0.4 is 4.74 Å². The summed E-state index contributed by atoms with van der Waals surface area (Å²) in [5, 5.41) is 0.674. The third-order valence-corrected chi connectivity index (χ3v) is 3.61. The molecule has 0 aliphatic heterocycles. The van der Waals surface area contributed by atoms with E-state index in [2.05, 4.69) is 0 Å². The standard InChI is InChI=1S/C15H14Cl2O/c1-18-13-8-6-11(7-9-13)15(17)10-12-4-2-3-5-14(12)16/h2-9,15H,10H2,1H3. The first kappa shape index (κ1) is 13.3. The van der Waals surface area contributed by atoms with E-state index in [-0.39, 0.29) is 5.38 Å². The molecule has 0 radical (unpaired) electrons. The van der Waals surface area contributed by atoms with E-state index in [0.29, 0.717) is 6.42 Å². The maximum Gasteiger partial charge on any atom is 0.118 e. The molecule has 0 N–H and O–H groups in total. The van der Waals surface area contributed by atoms with Crippen LogP contribution in [-0.4, -0.2) is 7.11 Å². The van der Waals surface area contributed by atoms with Gasteiger partial charge in [-0.25, -0.2) is 0 Å². The van der Waals surface area contributed by atoms with Gasteiger partial charge in [-0.15, -0.1) is 11.6 Å². The number of halogens is 2. The van der Waals surface area contributed by atoms with E-state index in [4.69, 9.17) is 27.9 Å². The first-order chi connectivity index (χ1) is 8.70. The summed E-state index contributed by atoms with van der Waals surface area (Å²) >= 11 is 12.5. The van der Waals surface area contributed by atoms with Gasteiger partial charge in [-0.2, -0.15) is 0 Å². The minimum atomic E-state index is -0.0872. The molecule has 1 nitrogen and oxygen atoms in total. The van der Waals surface area contributed by atoms with Gasteiger partial charge < -0.3 is 4.74 Å². The minimum Gasteiger partial charge on any atom is -0.497 e. The van der Waals surface area contributed by atoms with Crippen LogP contribution in [0.15, 0.2) is 48.5 Å². The average molecular weight is 281 g/mol. The molecule has 2 rings (SSSR count). The smallest absolute Gasteiger partial charge is 0.118 e. The highest BCUT2D eigenvalue weighted by atomic mass is 35.5. The molecule has 0 aliphatic rings. The zero-order valence-corrected chi connectivity index (χ0v) is 11.6. The molecule has 0 amide bonds. The van der Waals surface area contributed by atoms with E-state index >= 15 is 0 Å². The van der Waals surface area contributed by atoms with Crippen LogP contribution >= 0.6 is 23.2 Å². The predicted octanol–water partition coefficient (Wildman–Crippen LogP) is 4.87. The van der Waals surface area contributed by atoms with Gasteiger partial charge in [-0.3, -0.25) is 0 Å². The average Bonchev–Trinajstić information content (AvgIpc) is 2.41. The minimum absolute atomic E-state index is 0.0872. The van der Waals surface area contributed by atoms with Gasteiger partial charge >= 0.3 is 0 Å². The van der Waals surface area contributed by atoms with E-state index in [1.807, 2.05) is 48.5 Å².